The molecule has 0 aliphatic carbocycles. The Hall–Kier alpha value is -0.830. The Bertz CT molecular complexity index is 353. The molecule has 4 heteroatoms. The number of aromatic nitrogens is 2. The van der Waals surface area contributed by atoms with Crippen molar-refractivity contribution >= 4 is 17.4 Å². The lowest BCUT2D eigenvalue weighted by Crippen LogP contribution is -2.07. The van der Waals surface area contributed by atoms with Crippen LogP contribution in [0, 0.1) is 5.92 Å². The lowest BCUT2D eigenvalue weighted by molar-refractivity contribution is 0.544. The summed E-state index contributed by atoms with van der Waals surface area (Å²) in [6.45, 7) is 7.61. The highest BCUT2D eigenvalue weighted by Crippen LogP contribution is 2.21. The average molecular weight is 270 g/mol. The van der Waals surface area contributed by atoms with E-state index in [9.17, 15) is 0 Å². The summed E-state index contributed by atoms with van der Waals surface area (Å²) in [5.74, 6) is 1.69. The quantitative estimate of drug-likeness (QED) is 0.564. The second-order valence-electron chi connectivity index (χ2n) is 5.06. The van der Waals surface area contributed by atoms with E-state index in [0.717, 1.165) is 36.7 Å². The molecule has 0 atom stereocenters. The van der Waals surface area contributed by atoms with Crippen molar-refractivity contribution in [2.24, 2.45) is 5.92 Å². The van der Waals surface area contributed by atoms with Crippen molar-refractivity contribution in [3.05, 3.63) is 17.0 Å². The zero-order valence-corrected chi connectivity index (χ0v) is 12.4. The van der Waals surface area contributed by atoms with E-state index in [1.54, 1.807) is 0 Å². The van der Waals surface area contributed by atoms with Crippen LogP contribution in [-0.2, 0) is 6.42 Å². The third kappa shape index (κ3) is 5.21. The van der Waals surface area contributed by atoms with Gasteiger partial charge in [-0.05, 0) is 18.8 Å². The van der Waals surface area contributed by atoms with Crippen LogP contribution in [0.25, 0.3) is 0 Å². The Morgan fingerprint density at radius 2 is 2.06 bits per heavy atom. The lowest BCUT2D eigenvalue weighted by atomic mass is 10.1. The minimum atomic E-state index is 0.580. The molecule has 0 saturated carbocycles. The number of hydrogen-bond donors (Lipinski definition) is 1. The second kappa shape index (κ2) is 8.30. The van der Waals surface area contributed by atoms with Gasteiger partial charge >= 0.3 is 0 Å². The summed E-state index contributed by atoms with van der Waals surface area (Å²) in [6.07, 6.45) is 7.22. The van der Waals surface area contributed by atoms with Crippen LogP contribution in [0.5, 0.6) is 0 Å². The van der Waals surface area contributed by atoms with E-state index in [1.807, 2.05) is 0 Å². The van der Waals surface area contributed by atoms with Gasteiger partial charge in [0.15, 0.2) is 0 Å². The van der Waals surface area contributed by atoms with Crippen molar-refractivity contribution in [3.63, 3.8) is 0 Å². The summed E-state index contributed by atoms with van der Waals surface area (Å²) in [5, 5.41) is 3.96. The van der Waals surface area contributed by atoms with Crippen LogP contribution < -0.4 is 5.32 Å². The molecule has 102 valence electrons. The molecule has 0 radical (unpaired) electrons. The fourth-order valence-corrected chi connectivity index (χ4v) is 2.13. The minimum Gasteiger partial charge on any atom is -0.370 e. The first kappa shape index (κ1) is 15.2. The Balaban J connectivity index is 2.44. The van der Waals surface area contributed by atoms with Gasteiger partial charge in [-0.1, -0.05) is 51.6 Å². The molecular formula is C14H24ClN3. The van der Waals surface area contributed by atoms with E-state index < -0.39 is 0 Å². The maximum absolute atomic E-state index is 6.10. The van der Waals surface area contributed by atoms with Gasteiger partial charge in [0.25, 0.3) is 0 Å². The maximum atomic E-state index is 6.10. The van der Waals surface area contributed by atoms with Gasteiger partial charge in [0.05, 0.1) is 0 Å². The van der Waals surface area contributed by atoms with Gasteiger partial charge in [0.1, 0.15) is 17.3 Å². The van der Waals surface area contributed by atoms with Gasteiger partial charge < -0.3 is 5.32 Å². The van der Waals surface area contributed by atoms with Gasteiger partial charge in [0.2, 0.25) is 0 Å². The predicted octanol–water partition coefficient (Wildman–Crippen LogP) is 4.32. The molecule has 1 N–H and O–H groups in total. The topological polar surface area (TPSA) is 37.8 Å². The fourth-order valence-electron chi connectivity index (χ4n) is 1.90. The summed E-state index contributed by atoms with van der Waals surface area (Å²) >= 11 is 6.10. The van der Waals surface area contributed by atoms with E-state index in [2.05, 4.69) is 36.1 Å². The van der Waals surface area contributed by atoms with Gasteiger partial charge in [0, 0.05) is 12.1 Å². The van der Waals surface area contributed by atoms with E-state index in [4.69, 9.17) is 11.6 Å². The number of rotatable bonds is 8. The first-order valence-corrected chi connectivity index (χ1v) is 7.26. The number of nitrogens with one attached hydrogen (secondary N) is 1. The Morgan fingerprint density at radius 1 is 1.28 bits per heavy atom. The Morgan fingerprint density at radius 3 is 2.72 bits per heavy atom. The second-order valence-corrected chi connectivity index (χ2v) is 5.42. The molecule has 0 amide bonds. The molecule has 0 fully saturated rings. The molecule has 0 bridgehead atoms. The third-order valence-corrected chi connectivity index (χ3v) is 3.22. The van der Waals surface area contributed by atoms with Crippen LogP contribution in [0.1, 0.15) is 52.0 Å². The van der Waals surface area contributed by atoms with Crippen molar-refractivity contribution in [3.8, 4) is 0 Å². The van der Waals surface area contributed by atoms with Crippen molar-refractivity contribution < 1.29 is 0 Å². The monoisotopic (exact) mass is 269 g/mol. The Labute approximate surface area is 115 Å². The molecule has 3 nitrogen and oxygen atoms in total. The first-order valence-electron chi connectivity index (χ1n) is 6.88. The highest BCUT2D eigenvalue weighted by Gasteiger charge is 2.08. The molecule has 1 aromatic heterocycles. The average Bonchev–Trinajstić information content (AvgIpc) is 2.32. The summed E-state index contributed by atoms with van der Waals surface area (Å²) < 4.78 is 0. The van der Waals surface area contributed by atoms with E-state index in [0.29, 0.717) is 5.15 Å². The van der Waals surface area contributed by atoms with Crippen molar-refractivity contribution in [1.82, 2.24) is 9.97 Å². The van der Waals surface area contributed by atoms with Crippen molar-refractivity contribution in [1.29, 1.82) is 0 Å². The predicted molar refractivity (Wildman–Crippen MR) is 78.2 cm³/mol. The molecule has 0 aromatic carbocycles. The highest BCUT2D eigenvalue weighted by molar-refractivity contribution is 6.30. The number of anilines is 1. The van der Waals surface area contributed by atoms with Gasteiger partial charge in [-0.25, -0.2) is 9.97 Å². The zero-order valence-electron chi connectivity index (χ0n) is 11.7. The number of nitrogens with zero attached hydrogens (tertiary/aromatic N) is 2. The normalized spacial score (nSPS) is 10.9. The highest BCUT2D eigenvalue weighted by atomic mass is 35.5. The Kier molecular flexibility index (Phi) is 7.02. The zero-order chi connectivity index (χ0) is 13.4. The molecule has 0 saturated heterocycles. The molecule has 1 rings (SSSR count). The molecule has 0 spiro atoms. The lowest BCUT2D eigenvalue weighted by Gasteiger charge is -2.11. The molecule has 0 aliphatic rings. The molecule has 18 heavy (non-hydrogen) atoms. The molecule has 0 unspecified atom stereocenters. The maximum Gasteiger partial charge on any atom is 0.137 e. The van der Waals surface area contributed by atoms with E-state index in [1.165, 1.54) is 25.6 Å². The van der Waals surface area contributed by atoms with Crippen molar-refractivity contribution in [2.75, 3.05) is 11.9 Å². The minimum absolute atomic E-state index is 0.580. The first-order chi connectivity index (χ1) is 8.65. The number of unbranched alkanes of at least 4 members (excludes halogenated alkanes) is 1. The summed E-state index contributed by atoms with van der Waals surface area (Å²) in [7, 11) is 0. The van der Waals surface area contributed by atoms with Gasteiger partial charge in [-0.2, -0.15) is 0 Å². The van der Waals surface area contributed by atoms with Crippen LogP contribution in [0.2, 0.25) is 5.15 Å². The van der Waals surface area contributed by atoms with Crippen LogP contribution in [0.4, 0.5) is 5.82 Å². The standard InChI is InChI=1S/C14H24ClN3/c1-4-7-12-13(15)17-10-18-14(12)16-9-6-5-8-11(2)3/h10-11H,4-9H2,1-3H3,(H,16,17,18). The van der Waals surface area contributed by atoms with Gasteiger partial charge in [-0.15, -0.1) is 0 Å². The van der Waals surface area contributed by atoms with Crippen molar-refractivity contribution in [2.45, 2.75) is 52.9 Å². The molecule has 1 aromatic rings. The van der Waals surface area contributed by atoms with Crippen LogP contribution >= 0.6 is 11.6 Å². The van der Waals surface area contributed by atoms with E-state index in [-0.39, 0.29) is 0 Å². The van der Waals surface area contributed by atoms with E-state index >= 15 is 0 Å². The summed E-state index contributed by atoms with van der Waals surface area (Å²) in [4.78, 5) is 8.32. The molecule has 1 heterocycles. The third-order valence-electron chi connectivity index (χ3n) is 2.89. The number of halogens is 1. The SMILES string of the molecule is CCCc1c(Cl)ncnc1NCCCCC(C)C. The summed E-state index contributed by atoms with van der Waals surface area (Å²) in [5.41, 5.74) is 1.05. The van der Waals surface area contributed by atoms with Crippen LogP contribution in [0.3, 0.4) is 0 Å². The summed E-state index contributed by atoms with van der Waals surface area (Å²) in [6, 6.07) is 0. The molecular weight excluding hydrogens is 246 g/mol. The fraction of sp³-hybridized carbons (Fsp3) is 0.714. The van der Waals surface area contributed by atoms with Crippen LogP contribution in [0.15, 0.2) is 6.33 Å². The smallest absolute Gasteiger partial charge is 0.137 e. The number of hydrogen-bond acceptors (Lipinski definition) is 3. The van der Waals surface area contributed by atoms with Gasteiger partial charge in [-0.3, -0.25) is 0 Å². The molecule has 0 aliphatic heterocycles. The largest absolute Gasteiger partial charge is 0.370 e. The van der Waals surface area contributed by atoms with Crippen LogP contribution in [-0.4, -0.2) is 16.5 Å².